The molecule has 1 heterocycles. The van der Waals surface area contributed by atoms with Crippen molar-refractivity contribution in [2.45, 2.75) is 25.2 Å². The molecule has 3 aromatic carbocycles. The number of benzene rings is 3. The number of halogens is 3. The summed E-state index contributed by atoms with van der Waals surface area (Å²) in [6, 6.07) is 24.3. The minimum absolute atomic E-state index is 0.0318. The van der Waals surface area contributed by atoms with Crippen LogP contribution in [-0.4, -0.2) is 4.90 Å². The Hall–Kier alpha value is -2.67. The zero-order valence-electron chi connectivity index (χ0n) is 14.8. The summed E-state index contributed by atoms with van der Waals surface area (Å²) in [7, 11) is 0. The van der Waals surface area contributed by atoms with Crippen LogP contribution in [0.4, 0.5) is 13.2 Å². The summed E-state index contributed by atoms with van der Waals surface area (Å²) in [6.07, 6.45) is -6.08. The number of hydrogen-bond donors (Lipinski definition) is 0. The summed E-state index contributed by atoms with van der Waals surface area (Å²) in [6.45, 7) is 0.372. The highest BCUT2D eigenvalue weighted by molar-refractivity contribution is 5.32. The lowest BCUT2D eigenvalue weighted by Gasteiger charge is -2.27. The van der Waals surface area contributed by atoms with Gasteiger partial charge in [-0.15, -0.1) is 0 Å². The number of nitrogens with zero attached hydrogens (tertiary/aromatic N) is 1. The highest BCUT2D eigenvalue weighted by Crippen LogP contribution is 2.44. The van der Waals surface area contributed by atoms with Gasteiger partial charge in [0.15, 0.2) is 12.5 Å². The van der Waals surface area contributed by atoms with E-state index in [0.29, 0.717) is 6.54 Å². The average Bonchev–Trinajstić information content (AvgIpc) is 3.12. The van der Waals surface area contributed by atoms with E-state index in [4.69, 9.17) is 9.78 Å². The van der Waals surface area contributed by atoms with Crippen molar-refractivity contribution >= 4 is 0 Å². The first-order valence-electron chi connectivity index (χ1n) is 8.87. The fourth-order valence-corrected chi connectivity index (χ4v) is 3.36. The van der Waals surface area contributed by atoms with Gasteiger partial charge in [0.25, 0.3) is 0 Å². The first-order chi connectivity index (χ1) is 13.5. The summed E-state index contributed by atoms with van der Waals surface area (Å²) in [4.78, 5) is 12.8. The van der Waals surface area contributed by atoms with Gasteiger partial charge in [-0.05, 0) is 17.2 Å². The third-order valence-corrected chi connectivity index (χ3v) is 4.67. The molecule has 2 atom stereocenters. The quantitative estimate of drug-likeness (QED) is 0.525. The van der Waals surface area contributed by atoms with Gasteiger partial charge in [-0.2, -0.15) is 13.2 Å². The topological polar surface area (TPSA) is 21.7 Å². The van der Waals surface area contributed by atoms with Crippen LogP contribution < -0.4 is 0 Å². The zero-order valence-corrected chi connectivity index (χ0v) is 14.8. The Bertz CT molecular complexity index is 916. The molecule has 0 bridgehead atoms. The predicted octanol–water partition coefficient (Wildman–Crippen LogP) is 5.87. The van der Waals surface area contributed by atoms with E-state index in [1.54, 1.807) is 11.0 Å². The number of alkyl halides is 3. The Morgan fingerprint density at radius 3 is 1.96 bits per heavy atom. The van der Waals surface area contributed by atoms with Crippen LogP contribution in [0.2, 0.25) is 0 Å². The molecule has 6 heteroatoms. The minimum Gasteiger partial charge on any atom is -0.235 e. The van der Waals surface area contributed by atoms with Gasteiger partial charge in [0.1, 0.15) is 0 Å². The lowest BCUT2D eigenvalue weighted by atomic mass is 10.0. The Morgan fingerprint density at radius 1 is 0.714 bits per heavy atom. The van der Waals surface area contributed by atoms with Crippen molar-refractivity contribution in [2.75, 3.05) is 0 Å². The van der Waals surface area contributed by atoms with Crippen molar-refractivity contribution in [3.8, 4) is 0 Å². The maximum absolute atomic E-state index is 13.6. The van der Waals surface area contributed by atoms with Crippen LogP contribution in [0.25, 0.3) is 0 Å². The zero-order chi connectivity index (χ0) is 19.6. The summed E-state index contributed by atoms with van der Waals surface area (Å²) >= 11 is 0. The summed E-state index contributed by atoms with van der Waals surface area (Å²) in [5.41, 5.74) is 1.07. The standard InChI is InChI=1S/C22H18F3NO2/c23-22(24,25)19-14-8-7-13-18(19)21-26(15-16-9-3-1-4-10-16)20(27-28-21)17-11-5-2-6-12-17/h1-14,20-21H,15H2/t20-,21+/m0/s1. The van der Waals surface area contributed by atoms with Crippen molar-refractivity contribution in [3.63, 3.8) is 0 Å². The summed E-state index contributed by atoms with van der Waals surface area (Å²) in [5, 5.41) is 0. The Labute approximate surface area is 160 Å². The molecule has 0 saturated carbocycles. The van der Waals surface area contributed by atoms with Crippen LogP contribution in [0.3, 0.4) is 0 Å². The first-order valence-corrected chi connectivity index (χ1v) is 8.87. The van der Waals surface area contributed by atoms with E-state index >= 15 is 0 Å². The van der Waals surface area contributed by atoms with Gasteiger partial charge in [-0.1, -0.05) is 78.9 Å². The largest absolute Gasteiger partial charge is 0.416 e. The van der Waals surface area contributed by atoms with Crippen molar-refractivity contribution in [3.05, 3.63) is 107 Å². The Balaban J connectivity index is 1.74. The second-order valence-corrected chi connectivity index (χ2v) is 6.55. The van der Waals surface area contributed by atoms with Gasteiger partial charge < -0.3 is 0 Å². The van der Waals surface area contributed by atoms with Crippen LogP contribution in [0.5, 0.6) is 0 Å². The van der Waals surface area contributed by atoms with Gasteiger partial charge >= 0.3 is 6.18 Å². The fourth-order valence-electron chi connectivity index (χ4n) is 3.36. The molecule has 1 saturated heterocycles. The predicted molar refractivity (Wildman–Crippen MR) is 97.5 cm³/mol. The number of rotatable bonds is 4. The van der Waals surface area contributed by atoms with E-state index in [-0.39, 0.29) is 5.56 Å². The Morgan fingerprint density at radius 2 is 1.29 bits per heavy atom. The van der Waals surface area contributed by atoms with E-state index in [1.807, 2.05) is 60.7 Å². The van der Waals surface area contributed by atoms with Crippen LogP contribution >= 0.6 is 0 Å². The second kappa shape index (κ2) is 7.75. The third kappa shape index (κ3) is 3.80. The molecule has 0 radical (unpaired) electrons. The summed E-state index contributed by atoms with van der Waals surface area (Å²) < 4.78 is 40.7. The van der Waals surface area contributed by atoms with Crippen molar-refractivity contribution in [1.29, 1.82) is 0 Å². The van der Waals surface area contributed by atoms with Crippen molar-refractivity contribution < 1.29 is 22.9 Å². The van der Waals surface area contributed by atoms with E-state index in [2.05, 4.69) is 0 Å². The monoisotopic (exact) mass is 385 g/mol. The van der Waals surface area contributed by atoms with Gasteiger partial charge in [0.05, 0.1) is 5.56 Å². The minimum atomic E-state index is -4.48. The highest BCUT2D eigenvalue weighted by atomic mass is 19.4. The summed E-state index contributed by atoms with van der Waals surface area (Å²) in [5.74, 6) is 0. The van der Waals surface area contributed by atoms with Crippen LogP contribution in [0, 0.1) is 0 Å². The van der Waals surface area contributed by atoms with Crippen molar-refractivity contribution in [1.82, 2.24) is 4.90 Å². The molecule has 3 nitrogen and oxygen atoms in total. The van der Waals surface area contributed by atoms with E-state index in [1.165, 1.54) is 12.1 Å². The lowest BCUT2D eigenvalue weighted by Crippen LogP contribution is -2.28. The maximum atomic E-state index is 13.6. The lowest BCUT2D eigenvalue weighted by molar-refractivity contribution is -0.301. The molecule has 0 spiro atoms. The van der Waals surface area contributed by atoms with Crippen LogP contribution in [0.1, 0.15) is 34.7 Å². The molecule has 3 aromatic rings. The molecule has 1 aliphatic heterocycles. The maximum Gasteiger partial charge on any atom is 0.416 e. The molecule has 144 valence electrons. The molecule has 0 aromatic heterocycles. The Kier molecular flexibility index (Phi) is 5.17. The molecule has 1 fully saturated rings. The molecule has 0 aliphatic carbocycles. The molecule has 0 N–H and O–H groups in total. The molecule has 0 unspecified atom stereocenters. The van der Waals surface area contributed by atoms with Gasteiger partial charge in [-0.3, -0.25) is 0 Å². The smallest absolute Gasteiger partial charge is 0.235 e. The second-order valence-electron chi connectivity index (χ2n) is 6.55. The van der Waals surface area contributed by atoms with Gasteiger partial charge in [-0.25, -0.2) is 14.7 Å². The molecule has 4 rings (SSSR count). The van der Waals surface area contributed by atoms with Crippen molar-refractivity contribution in [2.24, 2.45) is 0 Å². The molecular weight excluding hydrogens is 367 g/mol. The van der Waals surface area contributed by atoms with Gasteiger partial charge in [0, 0.05) is 12.1 Å². The van der Waals surface area contributed by atoms with Gasteiger partial charge in [0.2, 0.25) is 0 Å². The normalized spacial score (nSPS) is 20.4. The SMILES string of the molecule is FC(F)(F)c1ccccc1[C@H]1OO[C@@H](c2ccccc2)N1Cc1ccccc1. The molecule has 1 aliphatic rings. The third-order valence-electron chi connectivity index (χ3n) is 4.67. The van der Waals surface area contributed by atoms with Crippen LogP contribution in [0.15, 0.2) is 84.9 Å². The highest BCUT2D eigenvalue weighted by Gasteiger charge is 2.43. The average molecular weight is 385 g/mol. The first kappa shape index (κ1) is 18.7. The molecule has 28 heavy (non-hydrogen) atoms. The van der Waals surface area contributed by atoms with E-state index in [9.17, 15) is 13.2 Å². The van der Waals surface area contributed by atoms with E-state index in [0.717, 1.165) is 17.2 Å². The molecule has 0 amide bonds. The fraction of sp³-hybridized carbons (Fsp3) is 0.182. The molecular formula is C22H18F3NO2. The number of hydrogen-bond acceptors (Lipinski definition) is 3. The van der Waals surface area contributed by atoms with E-state index < -0.39 is 24.2 Å². The van der Waals surface area contributed by atoms with Crippen LogP contribution in [-0.2, 0) is 22.5 Å².